The molecule has 132 valence electrons. The van der Waals surface area contributed by atoms with Crippen LogP contribution in [0.5, 0.6) is 0 Å². The van der Waals surface area contributed by atoms with Crippen LogP contribution in [0.1, 0.15) is 54.0 Å². The number of furan rings is 1. The standard InChI is InChI=1S/C20H24N2O3/c1-14-11-12-16(25-14)13-21-20(24)17-9-5-6-10-18(17)22-19(23)15-7-3-2-4-8-15/h5-6,9-12,15H,2-4,7-8,13H2,1H3,(H,21,24)(H,22,23). The summed E-state index contributed by atoms with van der Waals surface area (Å²) < 4.78 is 5.46. The summed E-state index contributed by atoms with van der Waals surface area (Å²) in [5.74, 6) is 1.35. The molecule has 3 rings (SSSR count). The molecule has 0 saturated heterocycles. The zero-order valence-electron chi connectivity index (χ0n) is 14.5. The highest BCUT2D eigenvalue weighted by atomic mass is 16.3. The van der Waals surface area contributed by atoms with Gasteiger partial charge in [-0.15, -0.1) is 0 Å². The molecule has 0 atom stereocenters. The van der Waals surface area contributed by atoms with Gasteiger partial charge in [0.05, 0.1) is 17.8 Å². The number of hydrogen-bond acceptors (Lipinski definition) is 3. The van der Waals surface area contributed by atoms with Crippen LogP contribution in [0.15, 0.2) is 40.8 Å². The fourth-order valence-corrected chi connectivity index (χ4v) is 3.23. The van der Waals surface area contributed by atoms with Crippen molar-refractivity contribution in [1.82, 2.24) is 5.32 Å². The van der Waals surface area contributed by atoms with E-state index >= 15 is 0 Å². The number of anilines is 1. The Bertz CT molecular complexity index is 745. The van der Waals surface area contributed by atoms with Gasteiger partial charge in [-0.3, -0.25) is 9.59 Å². The summed E-state index contributed by atoms with van der Waals surface area (Å²) in [4.78, 5) is 25.0. The molecule has 2 N–H and O–H groups in total. The maximum atomic E-state index is 12.5. The van der Waals surface area contributed by atoms with E-state index in [0.717, 1.165) is 31.4 Å². The number of rotatable bonds is 5. The molecule has 2 aromatic rings. The average Bonchev–Trinajstić information content (AvgIpc) is 3.06. The van der Waals surface area contributed by atoms with Crippen LogP contribution >= 0.6 is 0 Å². The van der Waals surface area contributed by atoms with Gasteiger partial charge in [-0.1, -0.05) is 31.4 Å². The number of hydrogen-bond donors (Lipinski definition) is 2. The Morgan fingerprint density at radius 2 is 1.84 bits per heavy atom. The van der Waals surface area contributed by atoms with Crippen LogP contribution in [0.2, 0.25) is 0 Å². The van der Waals surface area contributed by atoms with Gasteiger partial charge in [0, 0.05) is 5.92 Å². The molecule has 5 heteroatoms. The fourth-order valence-electron chi connectivity index (χ4n) is 3.23. The molecule has 0 radical (unpaired) electrons. The molecule has 1 aliphatic carbocycles. The highest BCUT2D eigenvalue weighted by molar-refractivity contribution is 6.04. The Labute approximate surface area is 147 Å². The molecule has 1 saturated carbocycles. The fraction of sp³-hybridized carbons (Fsp3) is 0.400. The first-order chi connectivity index (χ1) is 12.1. The van der Waals surface area contributed by atoms with Crippen LogP contribution in [0.25, 0.3) is 0 Å². The second-order valence-corrected chi connectivity index (χ2v) is 6.56. The lowest BCUT2D eigenvalue weighted by Gasteiger charge is -2.21. The van der Waals surface area contributed by atoms with Crippen molar-refractivity contribution < 1.29 is 14.0 Å². The lowest BCUT2D eigenvalue weighted by molar-refractivity contribution is -0.120. The van der Waals surface area contributed by atoms with Gasteiger partial charge >= 0.3 is 0 Å². The van der Waals surface area contributed by atoms with Gasteiger partial charge in [0.25, 0.3) is 5.91 Å². The molecule has 1 aliphatic rings. The number of carbonyl (C=O) groups is 2. The Balaban J connectivity index is 1.65. The summed E-state index contributed by atoms with van der Waals surface area (Å²) in [6, 6.07) is 10.8. The summed E-state index contributed by atoms with van der Waals surface area (Å²) in [7, 11) is 0. The first kappa shape index (κ1) is 17.3. The zero-order valence-corrected chi connectivity index (χ0v) is 14.5. The molecular weight excluding hydrogens is 316 g/mol. The molecular formula is C20H24N2O3. The van der Waals surface area contributed by atoms with E-state index in [4.69, 9.17) is 4.42 Å². The van der Waals surface area contributed by atoms with Crippen molar-refractivity contribution in [2.45, 2.75) is 45.6 Å². The lowest BCUT2D eigenvalue weighted by Crippen LogP contribution is -2.28. The summed E-state index contributed by atoms with van der Waals surface area (Å²) in [6.45, 7) is 2.18. The molecule has 0 aliphatic heterocycles. The number of carbonyl (C=O) groups excluding carboxylic acids is 2. The normalized spacial score (nSPS) is 14.9. The molecule has 1 fully saturated rings. The minimum Gasteiger partial charge on any atom is -0.465 e. The van der Waals surface area contributed by atoms with E-state index in [-0.39, 0.29) is 17.7 Å². The summed E-state index contributed by atoms with van der Waals surface area (Å²) in [6.07, 6.45) is 5.26. The summed E-state index contributed by atoms with van der Waals surface area (Å²) >= 11 is 0. The Kier molecular flexibility index (Phi) is 5.53. The van der Waals surface area contributed by atoms with Crippen LogP contribution in [-0.4, -0.2) is 11.8 Å². The van der Waals surface area contributed by atoms with Crippen molar-refractivity contribution >= 4 is 17.5 Å². The highest BCUT2D eigenvalue weighted by Gasteiger charge is 2.22. The van der Waals surface area contributed by atoms with Gasteiger partial charge in [-0.2, -0.15) is 0 Å². The smallest absolute Gasteiger partial charge is 0.253 e. The van der Waals surface area contributed by atoms with E-state index < -0.39 is 0 Å². The predicted octanol–water partition coefficient (Wildman–Crippen LogP) is 4.04. The van der Waals surface area contributed by atoms with E-state index in [0.29, 0.717) is 23.6 Å². The molecule has 1 heterocycles. The maximum Gasteiger partial charge on any atom is 0.253 e. The van der Waals surface area contributed by atoms with E-state index in [2.05, 4.69) is 10.6 Å². The molecule has 25 heavy (non-hydrogen) atoms. The third-order valence-electron chi connectivity index (χ3n) is 4.62. The van der Waals surface area contributed by atoms with Crippen LogP contribution in [0.4, 0.5) is 5.69 Å². The first-order valence-electron chi connectivity index (χ1n) is 8.87. The van der Waals surface area contributed by atoms with Crippen molar-refractivity contribution in [3.8, 4) is 0 Å². The van der Waals surface area contributed by atoms with Gasteiger partial charge in [0.2, 0.25) is 5.91 Å². The van der Waals surface area contributed by atoms with Crippen LogP contribution in [-0.2, 0) is 11.3 Å². The van der Waals surface area contributed by atoms with Crippen molar-refractivity contribution in [2.24, 2.45) is 5.92 Å². The molecule has 5 nitrogen and oxygen atoms in total. The van der Waals surface area contributed by atoms with E-state index in [1.54, 1.807) is 18.2 Å². The first-order valence-corrected chi connectivity index (χ1v) is 8.87. The van der Waals surface area contributed by atoms with Gasteiger partial charge in [-0.05, 0) is 44.0 Å². The van der Waals surface area contributed by atoms with Crippen LogP contribution in [0.3, 0.4) is 0 Å². The topological polar surface area (TPSA) is 71.3 Å². The Morgan fingerprint density at radius 3 is 2.56 bits per heavy atom. The molecule has 1 aromatic heterocycles. The van der Waals surface area contributed by atoms with Crippen molar-refractivity contribution in [3.05, 3.63) is 53.5 Å². The molecule has 2 amide bonds. The average molecular weight is 340 g/mol. The van der Waals surface area contributed by atoms with E-state index in [1.807, 2.05) is 25.1 Å². The van der Waals surface area contributed by atoms with Crippen LogP contribution in [0, 0.1) is 12.8 Å². The van der Waals surface area contributed by atoms with Crippen molar-refractivity contribution in [2.75, 3.05) is 5.32 Å². The third-order valence-corrected chi connectivity index (χ3v) is 4.62. The van der Waals surface area contributed by atoms with E-state index in [9.17, 15) is 9.59 Å². The van der Waals surface area contributed by atoms with Gasteiger partial charge in [0.1, 0.15) is 11.5 Å². The third kappa shape index (κ3) is 4.50. The zero-order chi connectivity index (χ0) is 17.6. The maximum absolute atomic E-state index is 12.5. The number of nitrogens with one attached hydrogen (secondary N) is 2. The number of amides is 2. The Morgan fingerprint density at radius 1 is 1.08 bits per heavy atom. The van der Waals surface area contributed by atoms with Gasteiger partial charge in [0.15, 0.2) is 0 Å². The predicted molar refractivity (Wildman–Crippen MR) is 96.3 cm³/mol. The summed E-state index contributed by atoms with van der Waals surface area (Å²) in [5, 5.41) is 5.78. The largest absolute Gasteiger partial charge is 0.465 e. The SMILES string of the molecule is Cc1ccc(CNC(=O)c2ccccc2NC(=O)C2CCCCC2)o1. The molecule has 0 bridgehead atoms. The van der Waals surface area contributed by atoms with Crippen molar-refractivity contribution in [3.63, 3.8) is 0 Å². The lowest BCUT2D eigenvalue weighted by atomic mass is 9.88. The van der Waals surface area contributed by atoms with Gasteiger partial charge in [-0.25, -0.2) is 0 Å². The Hall–Kier alpha value is -2.56. The molecule has 0 spiro atoms. The number of benzene rings is 1. The minimum absolute atomic E-state index is 0.0154. The van der Waals surface area contributed by atoms with E-state index in [1.165, 1.54) is 6.42 Å². The molecule has 0 unspecified atom stereocenters. The second-order valence-electron chi connectivity index (χ2n) is 6.56. The summed E-state index contributed by atoms with van der Waals surface area (Å²) in [5.41, 5.74) is 1.03. The number of aryl methyl sites for hydroxylation is 1. The quantitative estimate of drug-likeness (QED) is 0.863. The molecule has 1 aromatic carbocycles. The highest BCUT2D eigenvalue weighted by Crippen LogP contribution is 2.25. The minimum atomic E-state index is -0.228. The monoisotopic (exact) mass is 340 g/mol. The van der Waals surface area contributed by atoms with Crippen LogP contribution < -0.4 is 10.6 Å². The van der Waals surface area contributed by atoms with Crippen molar-refractivity contribution in [1.29, 1.82) is 0 Å². The van der Waals surface area contributed by atoms with Gasteiger partial charge < -0.3 is 15.1 Å². The number of para-hydroxylation sites is 1. The second kappa shape index (κ2) is 8.01.